The van der Waals surface area contributed by atoms with Gasteiger partial charge in [-0.1, -0.05) is 42.5 Å². The molecule has 0 saturated heterocycles. The zero-order chi connectivity index (χ0) is 12.7. The van der Waals surface area contributed by atoms with E-state index in [2.05, 4.69) is 4.74 Å². The first-order valence-electron chi connectivity index (χ1n) is 5.62. The molecule has 17 heavy (non-hydrogen) atoms. The Labute approximate surface area is 102 Å². The SMILES string of the molecule is COC(=O)C(CC=Cc1ccccc1)[C@@H](C)O. The first kappa shape index (κ1) is 13.5. The maximum absolute atomic E-state index is 11.4. The van der Waals surface area contributed by atoms with E-state index in [1.165, 1.54) is 7.11 Å². The second-order valence-electron chi connectivity index (χ2n) is 3.92. The zero-order valence-corrected chi connectivity index (χ0v) is 10.2. The van der Waals surface area contributed by atoms with Crippen molar-refractivity contribution in [3.63, 3.8) is 0 Å². The lowest BCUT2D eigenvalue weighted by Crippen LogP contribution is -2.26. The van der Waals surface area contributed by atoms with Gasteiger partial charge in [-0.15, -0.1) is 0 Å². The number of hydrogen-bond donors (Lipinski definition) is 1. The molecule has 1 N–H and O–H groups in total. The zero-order valence-electron chi connectivity index (χ0n) is 10.2. The van der Waals surface area contributed by atoms with E-state index in [1.807, 2.05) is 42.5 Å². The van der Waals surface area contributed by atoms with Gasteiger partial charge in [-0.3, -0.25) is 4.79 Å². The highest BCUT2D eigenvalue weighted by Crippen LogP contribution is 2.13. The fourth-order valence-corrected chi connectivity index (χ4v) is 1.56. The smallest absolute Gasteiger partial charge is 0.311 e. The summed E-state index contributed by atoms with van der Waals surface area (Å²) in [6.45, 7) is 1.60. The lowest BCUT2D eigenvalue weighted by atomic mass is 9.99. The Morgan fingerprint density at radius 1 is 1.41 bits per heavy atom. The van der Waals surface area contributed by atoms with Crippen LogP contribution >= 0.6 is 0 Å². The maximum atomic E-state index is 11.4. The van der Waals surface area contributed by atoms with E-state index in [-0.39, 0.29) is 5.97 Å². The average Bonchev–Trinajstić information content (AvgIpc) is 2.34. The van der Waals surface area contributed by atoms with Crippen LogP contribution in [0.3, 0.4) is 0 Å². The highest BCUT2D eigenvalue weighted by molar-refractivity contribution is 5.73. The number of aliphatic hydroxyl groups is 1. The molecule has 0 heterocycles. The molecule has 0 bridgehead atoms. The first-order valence-corrected chi connectivity index (χ1v) is 5.62. The van der Waals surface area contributed by atoms with Crippen molar-refractivity contribution in [2.75, 3.05) is 7.11 Å². The van der Waals surface area contributed by atoms with Gasteiger partial charge in [0.15, 0.2) is 0 Å². The molecule has 3 heteroatoms. The molecule has 0 aromatic heterocycles. The van der Waals surface area contributed by atoms with Crippen molar-refractivity contribution in [2.45, 2.75) is 19.4 Å². The van der Waals surface area contributed by atoms with Crippen molar-refractivity contribution >= 4 is 12.0 Å². The summed E-state index contributed by atoms with van der Waals surface area (Å²) < 4.78 is 4.64. The van der Waals surface area contributed by atoms with Crippen LogP contribution in [0.4, 0.5) is 0 Å². The minimum atomic E-state index is -0.706. The number of esters is 1. The van der Waals surface area contributed by atoms with Crippen molar-refractivity contribution in [2.24, 2.45) is 5.92 Å². The van der Waals surface area contributed by atoms with Gasteiger partial charge in [-0.2, -0.15) is 0 Å². The van der Waals surface area contributed by atoms with Crippen LogP contribution in [0, 0.1) is 5.92 Å². The molecule has 1 aromatic carbocycles. The molecule has 1 rings (SSSR count). The summed E-state index contributed by atoms with van der Waals surface area (Å²) in [6, 6.07) is 9.81. The van der Waals surface area contributed by atoms with E-state index >= 15 is 0 Å². The van der Waals surface area contributed by atoms with E-state index in [0.717, 1.165) is 5.56 Å². The number of benzene rings is 1. The molecule has 0 aliphatic rings. The van der Waals surface area contributed by atoms with E-state index in [1.54, 1.807) is 6.92 Å². The third-order valence-corrected chi connectivity index (χ3v) is 2.59. The summed E-state index contributed by atoms with van der Waals surface area (Å²) in [6.07, 6.45) is 3.57. The summed E-state index contributed by atoms with van der Waals surface area (Å²) in [5.41, 5.74) is 1.07. The Balaban J connectivity index is 2.58. The van der Waals surface area contributed by atoms with Gasteiger partial charge >= 0.3 is 5.97 Å². The summed E-state index contributed by atoms with van der Waals surface area (Å²) in [7, 11) is 1.33. The molecule has 1 unspecified atom stereocenters. The number of carbonyl (C=O) groups is 1. The topological polar surface area (TPSA) is 46.5 Å². The van der Waals surface area contributed by atoms with Crippen LogP contribution in [-0.4, -0.2) is 24.3 Å². The fraction of sp³-hybridized carbons (Fsp3) is 0.357. The van der Waals surface area contributed by atoms with E-state index < -0.39 is 12.0 Å². The number of rotatable bonds is 5. The first-order chi connectivity index (χ1) is 8.15. The lowest BCUT2D eigenvalue weighted by Gasteiger charge is -2.15. The largest absolute Gasteiger partial charge is 0.469 e. The Hall–Kier alpha value is -1.61. The number of carbonyl (C=O) groups excluding carboxylic acids is 1. The van der Waals surface area contributed by atoms with Crippen molar-refractivity contribution in [3.05, 3.63) is 42.0 Å². The van der Waals surface area contributed by atoms with Crippen molar-refractivity contribution in [3.8, 4) is 0 Å². The Morgan fingerprint density at radius 3 is 2.59 bits per heavy atom. The van der Waals surface area contributed by atoms with Crippen molar-refractivity contribution in [1.82, 2.24) is 0 Å². The molecule has 0 radical (unpaired) electrons. The maximum Gasteiger partial charge on any atom is 0.311 e. The van der Waals surface area contributed by atoms with Gasteiger partial charge < -0.3 is 9.84 Å². The second-order valence-corrected chi connectivity index (χ2v) is 3.92. The van der Waals surface area contributed by atoms with Crippen LogP contribution in [-0.2, 0) is 9.53 Å². The Bertz CT molecular complexity index is 368. The van der Waals surface area contributed by atoms with Gasteiger partial charge in [0, 0.05) is 0 Å². The van der Waals surface area contributed by atoms with Gasteiger partial charge in [0.05, 0.1) is 19.1 Å². The number of hydrogen-bond acceptors (Lipinski definition) is 3. The Kier molecular flexibility index (Phi) is 5.43. The van der Waals surface area contributed by atoms with Crippen molar-refractivity contribution < 1.29 is 14.6 Å². The molecule has 3 nitrogen and oxygen atoms in total. The van der Waals surface area contributed by atoms with Gasteiger partial charge in [0.2, 0.25) is 0 Å². The van der Waals surface area contributed by atoms with Gasteiger partial charge in [-0.25, -0.2) is 0 Å². The molecule has 0 amide bonds. The molecular formula is C14H18O3. The van der Waals surface area contributed by atoms with E-state index in [4.69, 9.17) is 0 Å². The van der Waals surface area contributed by atoms with E-state index in [0.29, 0.717) is 6.42 Å². The fourth-order valence-electron chi connectivity index (χ4n) is 1.56. The second kappa shape index (κ2) is 6.86. The molecule has 0 aliphatic heterocycles. The molecular weight excluding hydrogens is 216 g/mol. The number of aliphatic hydroxyl groups excluding tert-OH is 1. The number of allylic oxidation sites excluding steroid dienone is 1. The van der Waals surface area contributed by atoms with Gasteiger partial charge in [-0.05, 0) is 18.9 Å². The normalized spacial score (nSPS) is 14.5. The standard InChI is InChI=1S/C14H18O3/c1-11(15)13(14(16)17-2)10-6-9-12-7-4-3-5-8-12/h3-9,11,13,15H,10H2,1-2H3/t11-,13?/m1/s1. The van der Waals surface area contributed by atoms with Crippen LogP contribution in [0.15, 0.2) is 36.4 Å². The third-order valence-electron chi connectivity index (χ3n) is 2.59. The van der Waals surface area contributed by atoms with Gasteiger partial charge in [0.25, 0.3) is 0 Å². The molecule has 1 aromatic rings. The van der Waals surface area contributed by atoms with Crippen LogP contribution in [0.1, 0.15) is 18.9 Å². The monoisotopic (exact) mass is 234 g/mol. The minimum absolute atomic E-state index is 0.377. The minimum Gasteiger partial charge on any atom is -0.469 e. The predicted molar refractivity (Wildman–Crippen MR) is 67.3 cm³/mol. The van der Waals surface area contributed by atoms with Crippen LogP contribution in [0.5, 0.6) is 0 Å². The molecule has 0 saturated carbocycles. The van der Waals surface area contributed by atoms with Crippen LogP contribution in [0.2, 0.25) is 0 Å². The molecule has 2 atom stereocenters. The predicted octanol–water partition coefficient (Wildman–Crippen LogP) is 2.26. The van der Waals surface area contributed by atoms with Crippen LogP contribution in [0.25, 0.3) is 6.08 Å². The van der Waals surface area contributed by atoms with Crippen LogP contribution < -0.4 is 0 Å². The number of methoxy groups -OCH3 is 1. The summed E-state index contributed by atoms with van der Waals surface area (Å²) in [4.78, 5) is 11.4. The molecule has 92 valence electrons. The van der Waals surface area contributed by atoms with Crippen molar-refractivity contribution in [1.29, 1.82) is 0 Å². The average molecular weight is 234 g/mol. The molecule has 0 aliphatic carbocycles. The Morgan fingerprint density at radius 2 is 2.06 bits per heavy atom. The number of ether oxygens (including phenoxy) is 1. The molecule has 0 fully saturated rings. The van der Waals surface area contributed by atoms with E-state index in [9.17, 15) is 9.90 Å². The lowest BCUT2D eigenvalue weighted by molar-refractivity contribution is -0.148. The third kappa shape index (κ3) is 4.41. The quantitative estimate of drug-likeness (QED) is 0.795. The van der Waals surface area contributed by atoms with Gasteiger partial charge in [0.1, 0.15) is 0 Å². The highest BCUT2D eigenvalue weighted by Gasteiger charge is 2.22. The summed E-state index contributed by atoms with van der Waals surface area (Å²) in [5.74, 6) is -0.877. The highest BCUT2D eigenvalue weighted by atomic mass is 16.5. The molecule has 0 spiro atoms. The summed E-state index contributed by atoms with van der Waals surface area (Å²) in [5, 5.41) is 9.48. The summed E-state index contributed by atoms with van der Waals surface area (Å²) >= 11 is 0.